The molecule has 0 aliphatic heterocycles. The summed E-state index contributed by atoms with van der Waals surface area (Å²) in [4.78, 5) is 2.39. The van der Waals surface area contributed by atoms with Crippen molar-refractivity contribution in [3.63, 3.8) is 0 Å². The first-order valence-corrected chi connectivity index (χ1v) is 5.75. The van der Waals surface area contributed by atoms with E-state index < -0.39 is 0 Å². The van der Waals surface area contributed by atoms with Crippen LogP contribution in [0.5, 0.6) is 0 Å². The molecule has 84 valence electrons. The molecular weight excluding hydrogens is 184 g/mol. The SMILES string of the molecule is CCN(CC)C(C)C(N)c1ccccc1. The van der Waals surface area contributed by atoms with Gasteiger partial charge in [-0.3, -0.25) is 4.90 Å². The molecule has 1 rings (SSSR count). The lowest BCUT2D eigenvalue weighted by Gasteiger charge is -2.31. The van der Waals surface area contributed by atoms with E-state index in [-0.39, 0.29) is 6.04 Å². The molecule has 0 radical (unpaired) electrons. The predicted molar refractivity (Wildman–Crippen MR) is 65.8 cm³/mol. The van der Waals surface area contributed by atoms with E-state index in [1.54, 1.807) is 0 Å². The summed E-state index contributed by atoms with van der Waals surface area (Å²) in [5, 5.41) is 0. The van der Waals surface area contributed by atoms with Crippen molar-refractivity contribution in [1.29, 1.82) is 0 Å². The number of rotatable bonds is 5. The molecule has 0 aliphatic rings. The number of hydrogen-bond acceptors (Lipinski definition) is 2. The molecule has 0 amide bonds. The second-order valence-electron chi connectivity index (χ2n) is 3.90. The molecule has 0 aromatic heterocycles. The molecule has 0 heterocycles. The van der Waals surface area contributed by atoms with Crippen LogP contribution in [0.2, 0.25) is 0 Å². The van der Waals surface area contributed by atoms with Gasteiger partial charge in [-0.2, -0.15) is 0 Å². The molecule has 15 heavy (non-hydrogen) atoms. The molecule has 0 bridgehead atoms. The minimum Gasteiger partial charge on any atom is -0.323 e. The van der Waals surface area contributed by atoms with Gasteiger partial charge in [0.2, 0.25) is 0 Å². The largest absolute Gasteiger partial charge is 0.323 e. The van der Waals surface area contributed by atoms with Gasteiger partial charge in [0, 0.05) is 12.1 Å². The van der Waals surface area contributed by atoms with Crippen LogP contribution in [0, 0.1) is 0 Å². The van der Waals surface area contributed by atoms with E-state index in [4.69, 9.17) is 5.73 Å². The highest BCUT2D eigenvalue weighted by atomic mass is 15.2. The van der Waals surface area contributed by atoms with E-state index >= 15 is 0 Å². The summed E-state index contributed by atoms with van der Waals surface area (Å²) < 4.78 is 0. The van der Waals surface area contributed by atoms with E-state index in [1.165, 1.54) is 5.56 Å². The normalized spacial score (nSPS) is 15.3. The van der Waals surface area contributed by atoms with Crippen LogP contribution in [0.25, 0.3) is 0 Å². The zero-order chi connectivity index (χ0) is 11.3. The molecule has 0 fully saturated rings. The number of benzene rings is 1. The third-order valence-electron chi connectivity index (χ3n) is 3.09. The Hall–Kier alpha value is -0.860. The minimum absolute atomic E-state index is 0.103. The van der Waals surface area contributed by atoms with E-state index in [9.17, 15) is 0 Å². The lowest BCUT2D eigenvalue weighted by Crippen LogP contribution is -2.40. The summed E-state index contributed by atoms with van der Waals surface area (Å²) >= 11 is 0. The molecule has 0 saturated carbocycles. The monoisotopic (exact) mass is 206 g/mol. The molecule has 0 aliphatic carbocycles. The first-order valence-electron chi connectivity index (χ1n) is 5.75. The smallest absolute Gasteiger partial charge is 0.0450 e. The van der Waals surface area contributed by atoms with Gasteiger partial charge >= 0.3 is 0 Å². The molecule has 1 aromatic rings. The van der Waals surface area contributed by atoms with Gasteiger partial charge in [-0.15, -0.1) is 0 Å². The highest BCUT2D eigenvalue weighted by Gasteiger charge is 2.18. The van der Waals surface area contributed by atoms with Gasteiger partial charge in [0.15, 0.2) is 0 Å². The lowest BCUT2D eigenvalue weighted by atomic mass is 10.0. The molecule has 2 nitrogen and oxygen atoms in total. The minimum atomic E-state index is 0.103. The van der Waals surface area contributed by atoms with Gasteiger partial charge in [-0.1, -0.05) is 44.2 Å². The van der Waals surface area contributed by atoms with E-state index in [1.807, 2.05) is 18.2 Å². The van der Waals surface area contributed by atoms with Crippen LogP contribution in [0.15, 0.2) is 30.3 Å². The van der Waals surface area contributed by atoms with Gasteiger partial charge in [-0.05, 0) is 25.6 Å². The Morgan fingerprint density at radius 3 is 2.13 bits per heavy atom. The third-order valence-corrected chi connectivity index (χ3v) is 3.09. The van der Waals surface area contributed by atoms with Crippen molar-refractivity contribution in [2.45, 2.75) is 32.9 Å². The summed E-state index contributed by atoms with van der Waals surface area (Å²) in [7, 11) is 0. The Bertz CT molecular complexity index is 267. The molecule has 0 saturated heterocycles. The maximum atomic E-state index is 6.25. The Balaban J connectivity index is 2.71. The lowest BCUT2D eigenvalue weighted by molar-refractivity contribution is 0.203. The fourth-order valence-electron chi connectivity index (χ4n) is 1.98. The first kappa shape index (κ1) is 12.2. The van der Waals surface area contributed by atoms with Crippen molar-refractivity contribution in [3.8, 4) is 0 Å². The number of nitrogens with zero attached hydrogens (tertiary/aromatic N) is 1. The Morgan fingerprint density at radius 1 is 1.13 bits per heavy atom. The summed E-state index contributed by atoms with van der Waals surface area (Å²) in [6, 6.07) is 10.8. The van der Waals surface area contributed by atoms with Crippen molar-refractivity contribution in [3.05, 3.63) is 35.9 Å². The van der Waals surface area contributed by atoms with Gasteiger partial charge in [0.25, 0.3) is 0 Å². The van der Waals surface area contributed by atoms with Gasteiger partial charge in [-0.25, -0.2) is 0 Å². The molecule has 1 aromatic carbocycles. The summed E-state index contributed by atoms with van der Waals surface area (Å²) in [6.07, 6.45) is 0. The highest BCUT2D eigenvalue weighted by Crippen LogP contribution is 2.17. The Morgan fingerprint density at radius 2 is 1.67 bits per heavy atom. The van der Waals surface area contributed by atoms with Gasteiger partial charge in [0.05, 0.1) is 0 Å². The number of hydrogen-bond donors (Lipinski definition) is 1. The van der Waals surface area contributed by atoms with E-state index in [0.29, 0.717) is 6.04 Å². The maximum Gasteiger partial charge on any atom is 0.0450 e. The van der Waals surface area contributed by atoms with E-state index in [2.05, 4.69) is 37.8 Å². The number of likely N-dealkylation sites (N-methyl/N-ethyl adjacent to an activating group) is 1. The van der Waals surface area contributed by atoms with Gasteiger partial charge < -0.3 is 5.73 Å². The second kappa shape index (κ2) is 5.89. The average molecular weight is 206 g/mol. The van der Waals surface area contributed by atoms with Crippen LogP contribution in [-0.2, 0) is 0 Å². The molecule has 0 spiro atoms. The highest BCUT2D eigenvalue weighted by molar-refractivity contribution is 5.19. The van der Waals surface area contributed by atoms with Crippen LogP contribution >= 0.6 is 0 Å². The molecule has 2 unspecified atom stereocenters. The average Bonchev–Trinajstić information content (AvgIpc) is 2.30. The summed E-state index contributed by atoms with van der Waals surface area (Å²) in [5.74, 6) is 0. The Labute approximate surface area is 93.1 Å². The van der Waals surface area contributed by atoms with Crippen LogP contribution in [0.3, 0.4) is 0 Å². The van der Waals surface area contributed by atoms with Crippen molar-refractivity contribution in [2.75, 3.05) is 13.1 Å². The third kappa shape index (κ3) is 3.05. The van der Waals surface area contributed by atoms with Crippen LogP contribution < -0.4 is 5.73 Å². The molecule has 2 N–H and O–H groups in total. The molecule has 2 atom stereocenters. The zero-order valence-electron chi connectivity index (χ0n) is 9.98. The van der Waals surface area contributed by atoms with Crippen molar-refractivity contribution < 1.29 is 0 Å². The predicted octanol–water partition coefficient (Wildman–Crippen LogP) is 2.42. The van der Waals surface area contributed by atoms with Gasteiger partial charge in [0.1, 0.15) is 0 Å². The fourth-order valence-corrected chi connectivity index (χ4v) is 1.98. The second-order valence-corrected chi connectivity index (χ2v) is 3.90. The van der Waals surface area contributed by atoms with E-state index in [0.717, 1.165) is 13.1 Å². The van der Waals surface area contributed by atoms with Crippen molar-refractivity contribution in [1.82, 2.24) is 4.90 Å². The topological polar surface area (TPSA) is 29.3 Å². The van der Waals surface area contributed by atoms with Crippen molar-refractivity contribution >= 4 is 0 Å². The molecular formula is C13H22N2. The summed E-state index contributed by atoms with van der Waals surface area (Å²) in [6.45, 7) is 8.66. The Kier molecular flexibility index (Phi) is 4.79. The van der Waals surface area contributed by atoms with Crippen LogP contribution in [-0.4, -0.2) is 24.0 Å². The quantitative estimate of drug-likeness (QED) is 0.801. The standard InChI is InChI=1S/C13H22N2/c1-4-15(5-2)11(3)13(14)12-9-7-6-8-10-12/h6-11,13H,4-5,14H2,1-3H3. The summed E-state index contributed by atoms with van der Waals surface area (Å²) in [5.41, 5.74) is 7.47. The maximum absolute atomic E-state index is 6.25. The number of nitrogens with two attached hydrogens (primary N) is 1. The zero-order valence-corrected chi connectivity index (χ0v) is 9.98. The van der Waals surface area contributed by atoms with Crippen molar-refractivity contribution in [2.24, 2.45) is 5.73 Å². The van der Waals surface area contributed by atoms with Crippen LogP contribution in [0.1, 0.15) is 32.4 Å². The molecule has 2 heteroatoms. The fraction of sp³-hybridized carbons (Fsp3) is 0.538. The first-order chi connectivity index (χ1) is 7.20. The van der Waals surface area contributed by atoms with Crippen LogP contribution in [0.4, 0.5) is 0 Å².